The lowest BCUT2D eigenvalue weighted by molar-refractivity contribution is 0.303. The molecule has 0 aromatic carbocycles. The van der Waals surface area contributed by atoms with Gasteiger partial charge in [0.2, 0.25) is 0 Å². The molecular weight excluding hydrogens is 110 g/mol. The van der Waals surface area contributed by atoms with Gasteiger partial charge in [-0.05, 0) is 25.3 Å². The van der Waals surface area contributed by atoms with Gasteiger partial charge in [0.05, 0.1) is 0 Å². The molecule has 0 aromatic heterocycles. The fourth-order valence-electron chi connectivity index (χ4n) is 1.20. The SMILES string of the molecule is CCC(C)CC1CCN1. The highest BCUT2D eigenvalue weighted by Gasteiger charge is 2.17. The summed E-state index contributed by atoms with van der Waals surface area (Å²) in [5.74, 6) is 0.919. The summed E-state index contributed by atoms with van der Waals surface area (Å²) in [7, 11) is 0. The number of hydrogen-bond donors (Lipinski definition) is 1. The number of hydrogen-bond acceptors (Lipinski definition) is 1. The van der Waals surface area contributed by atoms with Crippen molar-refractivity contribution in [3.05, 3.63) is 0 Å². The zero-order chi connectivity index (χ0) is 6.69. The molecule has 1 aliphatic heterocycles. The molecule has 0 aliphatic carbocycles. The zero-order valence-electron chi connectivity index (χ0n) is 6.48. The van der Waals surface area contributed by atoms with Crippen molar-refractivity contribution in [3.63, 3.8) is 0 Å². The predicted octanol–water partition coefficient (Wildman–Crippen LogP) is 1.78. The Bertz CT molecular complexity index is 73.9. The molecule has 0 amide bonds. The van der Waals surface area contributed by atoms with E-state index in [2.05, 4.69) is 19.2 Å². The Morgan fingerprint density at radius 3 is 2.67 bits per heavy atom. The van der Waals surface area contributed by atoms with Gasteiger partial charge < -0.3 is 5.32 Å². The smallest absolute Gasteiger partial charge is 0.00816 e. The summed E-state index contributed by atoms with van der Waals surface area (Å²) < 4.78 is 0. The first kappa shape index (κ1) is 7.07. The van der Waals surface area contributed by atoms with Gasteiger partial charge in [0, 0.05) is 6.04 Å². The van der Waals surface area contributed by atoms with Crippen LogP contribution in [0.4, 0.5) is 0 Å². The summed E-state index contributed by atoms with van der Waals surface area (Å²) in [6, 6.07) is 0.861. The van der Waals surface area contributed by atoms with Gasteiger partial charge in [-0.1, -0.05) is 20.3 Å². The quantitative estimate of drug-likeness (QED) is 0.609. The minimum absolute atomic E-state index is 0.861. The van der Waals surface area contributed by atoms with Crippen LogP contribution in [0.25, 0.3) is 0 Å². The van der Waals surface area contributed by atoms with E-state index in [0.29, 0.717) is 0 Å². The molecular formula is C8H17N. The van der Waals surface area contributed by atoms with Gasteiger partial charge in [0.25, 0.3) is 0 Å². The van der Waals surface area contributed by atoms with Crippen LogP contribution in [0.1, 0.15) is 33.1 Å². The Morgan fingerprint density at radius 2 is 2.33 bits per heavy atom. The van der Waals surface area contributed by atoms with Gasteiger partial charge in [0.15, 0.2) is 0 Å². The maximum Gasteiger partial charge on any atom is 0.00816 e. The molecule has 1 aliphatic rings. The van der Waals surface area contributed by atoms with Crippen LogP contribution >= 0.6 is 0 Å². The molecule has 1 fully saturated rings. The first-order chi connectivity index (χ1) is 4.33. The Kier molecular flexibility index (Phi) is 2.52. The van der Waals surface area contributed by atoms with Gasteiger partial charge in [-0.2, -0.15) is 0 Å². The third-order valence-electron chi connectivity index (χ3n) is 2.31. The molecule has 1 heterocycles. The fourth-order valence-corrected chi connectivity index (χ4v) is 1.20. The van der Waals surface area contributed by atoms with Gasteiger partial charge in [-0.3, -0.25) is 0 Å². The Balaban J connectivity index is 2.01. The molecule has 2 atom stereocenters. The Labute approximate surface area is 57.8 Å². The molecule has 0 spiro atoms. The summed E-state index contributed by atoms with van der Waals surface area (Å²) in [5, 5.41) is 3.41. The number of nitrogens with one attached hydrogen (secondary N) is 1. The highest BCUT2D eigenvalue weighted by Crippen LogP contribution is 2.15. The summed E-state index contributed by atoms with van der Waals surface area (Å²) in [4.78, 5) is 0. The van der Waals surface area contributed by atoms with E-state index in [1.54, 1.807) is 0 Å². The highest BCUT2D eigenvalue weighted by molar-refractivity contribution is 4.78. The monoisotopic (exact) mass is 127 g/mol. The van der Waals surface area contributed by atoms with Crippen molar-refractivity contribution in [2.75, 3.05) is 6.54 Å². The lowest BCUT2D eigenvalue weighted by Crippen LogP contribution is -2.43. The van der Waals surface area contributed by atoms with Crippen molar-refractivity contribution in [2.24, 2.45) is 5.92 Å². The Hall–Kier alpha value is -0.0400. The first-order valence-corrected chi connectivity index (χ1v) is 4.06. The maximum absolute atomic E-state index is 3.41. The van der Waals surface area contributed by atoms with E-state index in [0.717, 1.165) is 12.0 Å². The van der Waals surface area contributed by atoms with E-state index in [4.69, 9.17) is 0 Å². The second-order valence-electron chi connectivity index (χ2n) is 3.19. The minimum Gasteiger partial charge on any atom is -0.314 e. The van der Waals surface area contributed by atoms with Crippen LogP contribution in [-0.4, -0.2) is 12.6 Å². The van der Waals surface area contributed by atoms with Crippen LogP contribution in [-0.2, 0) is 0 Å². The molecule has 0 radical (unpaired) electrons. The summed E-state index contributed by atoms with van der Waals surface area (Å²) in [5.41, 5.74) is 0. The van der Waals surface area contributed by atoms with E-state index < -0.39 is 0 Å². The third-order valence-corrected chi connectivity index (χ3v) is 2.31. The summed E-state index contributed by atoms with van der Waals surface area (Å²) >= 11 is 0. The molecule has 1 heteroatoms. The van der Waals surface area contributed by atoms with Crippen molar-refractivity contribution >= 4 is 0 Å². The predicted molar refractivity (Wildman–Crippen MR) is 40.5 cm³/mol. The van der Waals surface area contributed by atoms with Crippen LogP contribution in [0.5, 0.6) is 0 Å². The van der Waals surface area contributed by atoms with Crippen molar-refractivity contribution in [3.8, 4) is 0 Å². The molecule has 1 saturated heterocycles. The van der Waals surface area contributed by atoms with Crippen LogP contribution in [0.3, 0.4) is 0 Å². The maximum atomic E-state index is 3.41. The second-order valence-corrected chi connectivity index (χ2v) is 3.19. The van der Waals surface area contributed by atoms with E-state index in [-0.39, 0.29) is 0 Å². The molecule has 0 bridgehead atoms. The van der Waals surface area contributed by atoms with E-state index in [9.17, 15) is 0 Å². The van der Waals surface area contributed by atoms with Gasteiger partial charge in [-0.25, -0.2) is 0 Å². The van der Waals surface area contributed by atoms with E-state index in [1.165, 1.54) is 25.8 Å². The molecule has 0 saturated carbocycles. The molecule has 9 heavy (non-hydrogen) atoms. The minimum atomic E-state index is 0.861. The lowest BCUT2D eigenvalue weighted by Gasteiger charge is -2.29. The highest BCUT2D eigenvalue weighted by atomic mass is 15.0. The van der Waals surface area contributed by atoms with Crippen molar-refractivity contribution in [1.82, 2.24) is 5.32 Å². The first-order valence-electron chi connectivity index (χ1n) is 4.06. The van der Waals surface area contributed by atoms with E-state index >= 15 is 0 Å². The van der Waals surface area contributed by atoms with Crippen LogP contribution in [0.15, 0.2) is 0 Å². The van der Waals surface area contributed by atoms with Crippen LogP contribution in [0.2, 0.25) is 0 Å². The summed E-state index contributed by atoms with van der Waals surface area (Å²) in [6.45, 7) is 5.85. The van der Waals surface area contributed by atoms with Gasteiger partial charge >= 0.3 is 0 Å². The molecule has 1 nitrogen and oxygen atoms in total. The molecule has 1 N–H and O–H groups in total. The second kappa shape index (κ2) is 3.21. The van der Waals surface area contributed by atoms with E-state index in [1.807, 2.05) is 0 Å². The van der Waals surface area contributed by atoms with Gasteiger partial charge in [0.1, 0.15) is 0 Å². The lowest BCUT2D eigenvalue weighted by atomic mass is 9.94. The molecule has 0 aromatic rings. The van der Waals surface area contributed by atoms with Gasteiger partial charge in [-0.15, -0.1) is 0 Å². The average molecular weight is 127 g/mol. The van der Waals surface area contributed by atoms with Crippen molar-refractivity contribution in [1.29, 1.82) is 0 Å². The average Bonchev–Trinajstić information content (AvgIpc) is 1.78. The molecule has 1 rings (SSSR count). The zero-order valence-corrected chi connectivity index (χ0v) is 6.48. The summed E-state index contributed by atoms with van der Waals surface area (Å²) in [6.07, 6.45) is 4.12. The fraction of sp³-hybridized carbons (Fsp3) is 1.00. The topological polar surface area (TPSA) is 12.0 Å². The Morgan fingerprint density at radius 1 is 1.67 bits per heavy atom. The van der Waals surface area contributed by atoms with Crippen molar-refractivity contribution < 1.29 is 0 Å². The number of rotatable bonds is 3. The van der Waals surface area contributed by atoms with Crippen LogP contribution in [0, 0.1) is 5.92 Å². The van der Waals surface area contributed by atoms with Crippen LogP contribution < -0.4 is 5.32 Å². The molecule has 2 unspecified atom stereocenters. The normalized spacial score (nSPS) is 29.3. The largest absolute Gasteiger partial charge is 0.314 e. The van der Waals surface area contributed by atoms with Crippen molar-refractivity contribution in [2.45, 2.75) is 39.2 Å². The third kappa shape index (κ3) is 1.98. The standard InChI is InChI=1S/C8H17N/c1-3-7(2)6-8-4-5-9-8/h7-9H,3-6H2,1-2H3. The molecule has 54 valence electrons.